The van der Waals surface area contributed by atoms with Gasteiger partial charge in [-0.3, -0.25) is 14.4 Å². The van der Waals surface area contributed by atoms with Crippen LogP contribution >= 0.6 is 0 Å². The number of carbonyl (C=O) groups is 3. The van der Waals surface area contributed by atoms with Gasteiger partial charge in [0.2, 0.25) is 0 Å². The summed E-state index contributed by atoms with van der Waals surface area (Å²) >= 11 is 0. The number of carbonyl (C=O) groups excluding carboxylic acids is 3. The average Bonchev–Trinajstić information content (AvgIpc) is 2.30. The summed E-state index contributed by atoms with van der Waals surface area (Å²) < 4.78 is 0. The van der Waals surface area contributed by atoms with Gasteiger partial charge in [-0.15, -0.1) is 0 Å². The molecule has 0 saturated carbocycles. The van der Waals surface area contributed by atoms with Crippen LogP contribution in [0.4, 0.5) is 0 Å². The fraction of sp³-hybridized carbons (Fsp3) is 0.438. The maximum absolute atomic E-state index is 12.3. The van der Waals surface area contributed by atoms with Crippen LogP contribution in [0.5, 0.6) is 0 Å². The second kappa shape index (κ2) is 4.54. The first-order chi connectivity index (χ1) is 9.14. The zero-order chi connectivity index (χ0) is 15.2. The smallest absolute Gasteiger partial charge is 0.190 e. The van der Waals surface area contributed by atoms with Crippen molar-refractivity contribution in [2.45, 2.75) is 40.5 Å². The van der Waals surface area contributed by atoms with Crippen LogP contribution in [0.2, 0.25) is 0 Å². The summed E-state index contributed by atoms with van der Waals surface area (Å²) in [5.41, 5.74) is 0.465. The second-order valence-electron chi connectivity index (χ2n) is 6.26. The molecule has 0 radical (unpaired) electrons. The maximum atomic E-state index is 12.3. The van der Waals surface area contributed by atoms with E-state index in [1.807, 2.05) is 13.8 Å². The first kappa shape index (κ1) is 14.4. The van der Waals surface area contributed by atoms with Crippen molar-refractivity contribution in [1.29, 1.82) is 0 Å². The normalized spacial score (nSPS) is 23.4. The number of ketones is 3. The molecular weight excluding hydrogens is 256 g/mol. The molecule has 0 aromatic rings. The fourth-order valence-electron chi connectivity index (χ4n) is 2.64. The van der Waals surface area contributed by atoms with E-state index in [2.05, 4.69) is 0 Å². The highest BCUT2D eigenvalue weighted by atomic mass is 16.3. The van der Waals surface area contributed by atoms with Crippen molar-refractivity contribution < 1.29 is 19.5 Å². The van der Waals surface area contributed by atoms with Gasteiger partial charge >= 0.3 is 0 Å². The van der Waals surface area contributed by atoms with Crippen LogP contribution in [0.3, 0.4) is 0 Å². The molecule has 2 aliphatic rings. The van der Waals surface area contributed by atoms with Crippen molar-refractivity contribution in [2.75, 3.05) is 0 Å². The van der Waals surface area contributed by atoms with Crippen LogP contribution in [-0.2, 0) is 14.4 Å². The Bertz CT molecular complexity index is 627. The second-order valence-corrected chi connectivity index (χ2v) is 6.26. The van der Waals surface area contributed by atoms with E-state index in [4.69, 9.17) is 0 Å². The minimum Gasteiger partial charge on any atom is -0.512 e. The largest absolute Gasteiger partial charge is 0.512 e. The minimum atomic E-state index is -0.350. The topological polar surface area (TPSA) is 71.4 Å². The van der Waals surface area contributed by atoms with Gasteiger partial charge in [-0.2, -0.15) is 0 Å². The lowest BCUT2D eigenvalue weighted by Crippen LogP contribution is -2.29. The van der Waals surface area contributed by atoms with Crippen LogP contribution in [0.1, 0.15) is 40.5 Å². The zero-order valence-electron chi connectivity index (χ0n) is 12.2. The van der Waals surface area contributed by atoms with E-state index in [0.29, 0.717) is 17.6 Å². The molecule has 0 aliphatic heterocycles. The lowest BCUT2D eigenvalue weighted by atomic mass is 9.73. The summed E-state index contributed by atoms with van der Waals surface area (Å²) in [5.74, 6) is -1.00. The predicted octanol–water partition coefficient (Wildman–Crippen LogP) is 2.60. The Morgan fingerprint density at radius 3 is 2.20 bits per heavy atom. The van der Waals surface area contributed by atoms with E-state index in [1.54, 1.807) is 13.8 Å². The van der Waals surface area contributed by atoms with Crippen LogP contribution in [0, 0.1) is 5.41 Å². The van der Waals surface area contributed by atoms with Gasteiger partial charge < -0.3 is 5.11 Å². The summed E-state index contributed by atoms with van der Waals surface area (Å²) in [6.45, 7) is 6.92. The molecule has 0 bridgehead atoms. The van der Waals surface area contributed by atoms with Gasteiger partial charge in [-0.25, -0.2) is 0 Å². The molecule has 4 nitrogen and oxygen atoms in total. The first-order valence-corrected chi connectivity index (χ1v) is 6.58. The number of aliphatic hydroxyl groups is 1. The number of rotatable bonds is 1. The third kappa shape index (κ3) is 2.26. The van der Waals surface area contributed by atoms with Crippen molar-refractivity contribution in [3.63, 3.8) is 0 Å². The molecule has 0 unspecified atom stereocenters. The summed E-state index contributed by atoms with van der Waals surface area (Å²) in [6.07, 6.45) is 1.76. The highest BCUT2D eigenvalue weighted by molar-refractivity contribution is 6.27. The predicted molar refractivity (Wildman–Crippen MR) is 74.1 cm³/mol. The van der Waals surface area contributed by atoms with Gasteiger partial charge in [0.25, 0.3) is 0 Å². The van der Waals surface area contributed by atoms with Crippen molar-refractivity contribution >= 4 is 17.3 Å². The highest BCUT2D eigenvalue weighted by Crippen LogP contribution is 2.39. The van der Waals surface area contributed by atoms with Gasteiger partial charge in [0.05, 0.1) is 5.57 Å². The highest BCUT2D eigenvalue weighted by Gasteiger charge is 2.37. The minimum absolute atomic E-state index is 0.0227. The van der Waals surface area contributed by atoms with Crippen LogP contribution in [0.15, 0.2) is 34.1 Å². The summed E-state index contributed by atoms with van der Waals surface area (Å²) in [5, 5.41) is 10.1. The van der Waals surface area contributed by atoms with Crippen molar-refractivity contribution in [3.8, 4) is 0 Å². The fourth-order valence-corrected chi connectivity index (χ4v) is 2.64. The Kier molecular flexibility index (Phi) is 3.28. The van der Waals surface area contributed by atoms with Gasteiger partial charge in [0, 0.05) is 29.6 Å². The summed E-state index contributed by atoms with van der Waals surface area (Å²) in [7, 11) is 0. The van der Waals surface area contributed by atoms with Crippen molar-refractivity contribution in [1.82, 2.24) is 0 Å². The number of Topliss-reactive ketones (excluding diaryl/α,β-unsaturated/α-hetero) is 2. The zero-order valence-corrected chi connectivity index (χ0v) is 12.2. The molecule has 1 N–H and O–H groups in total. The summed E-state index contributed by atoms with van der Waals surface area (Å²) in [4.78, 5) is 36.3. The molecule has 0 amide bonds. The third-order valence-corrected chi connectivity index (χ3v) is 3.91. The average molecular weight is 274 g/mol. The van der Waals surface area contributed by atoms with Crippen molar-refractivity contribution in [2.24, 2.45) is 5.41 Å². The number of allylic oxidation sites excluding steroid dienone is 6. The maximum Gasteiger partial charge on any atom is 0.190 e. The monoisotopic (exact) mass is 274 g/mol. The summed E-state index contributed by atoms with van der Waals surface area (Å²) in [6, 6.07) is 0. The van der Waals surface area contributed by atoms with E-state index < -0.39 is 0 Å². The van der Waals surface area contributed by atoms with Gasteiger partial charge in [0.1, 0.15) is 5.76 Å². The molecule has 0 saturated heterocycles. The molecule has 20 heavy (non-hydrogen) atoms. The van der Waals surface area contributed by atoms with Gasteiger partial charge in [0.15, 0.2) is 17.3 Å². The van der Waals surface area contributed by atoms with Crippen LogP contribution < -0.4 is 0 Å². The Hall–Kier alpha value is -1.97. The SMILES string of the molecule is CC1=C(C)C(=O)C(C2=C(O)CC(C)(C)CC2=O)=CC1=O. The van der Waals surface area contributed by atoms with Crippen LogP contribution in [0.25, 0.3) is 0 Å². The third-order valence-electron chi connectivity index (χ3n) is 3.91. The lowest BCUT2D eigenvalue weighted by molar-refractivity contribution is -0.119. The Labute approximate surface area is 117 Å². The molecule has 0 heterocycles. The first-order valence-electron chi connectivity index (χ1n) is 6.58. The van der Waals surface area contributed by atoms with Crippen molar-refractivity contribution in [3.05, 3.63) is 34.1 Å². The Morgan fingerprint density at radius 1 is 1.05 bits per heavy atom. The van der Waals surface area contributed by atoms with Crippen LogP contribution in [-0.4, -0.2) is 22.5 Å². The number of hydrogen-bond acceptors (Lipinski definition) is 4. The standard InChI is InChI=1S/C16H18O4/c1-8-9(2)15(20)10(5-11(8)17)14-12(18)6-16(3,4)7-13(14)19/h5,18H,6-7H2,1-4H3. The van der Waals surface area contributed by atoms with E-state index in [1.165, 1.54) is 6.08 Å². The van der Waals surface area contributed by atoms with E-state index in [0.717, 1.165) is 0 Å². The molecule has 0 spiro atoms. The molecule has 0 fully saturated rings. The van der Waals surface area contributed by atoms with E-state index >= 15 is 0 Å². The molecule has 4 heteroatoms. The lowest BCUT2D eigenvalue weighted by Gasteiger charge is -2.30. The quantitative estimate of drug-likeness (QED) is 0.746. The Balaban J connectivity index is 2.53. The number of hydrogen-bond donors (Lipinski definition) is 1. The molecule has 2 rings (SSSR count). The molecule has 0 aromatic heterocycles. The molecule has 0 atom stereocenters. The van der Waals surface area contributed by atoms with Gasteiger partial charge in [-0.1, -0.05) is 13.8 Å². The van der Waals surface area contributed by atoms with E-state index in [-0.39, 0.29) is 46.1 Å². The molecule has 2 aliphatic carbocycles. The molecular formula is C16H18O4. The van der Waals surface area contributed by atoms with Gasteiger partial charge in [-0.05, 0) is 25.3 Å². The number of aliphatic hydroxyl groups excluding tert-OH is 1. The molecule has 106 valence electrons. The Morgan fingerprint density at radius 2 is 1.65 bits per heavy atom. The molecule has 0 aromatic carbocycles. The van der Waals surface area contributed by atoms with E-state index in [9.17, 15) is 19.5 Å².